The minimum Gasteiger partial charge on any atom is -0.393 e. The van der Waals surface area contributed by atoms with E-state index >= 15 is 0 Å². The van der Waals surface area contributed by atoms with E-state index < -0.39 is 6.10 Å². The first kappa shape index (κ1) is 27.0. The number of hydrogen-bond acceptors (Lipinski definition) is 5. The molecular formula is C31H35ClN2O3S. The first-order chi connectivity index (χ1) is 18.4. The number of carbonyl (C=O) groups excluding carboxylic acids is 2. The summed E-state index contributed by atoms with van der Waals surface area (Å²) >= 11 is 8.04. The van der Waals surface area contributed by atoms with Crippen molar-refractivity contribution in [3.05, 3.63) is 86.3 Å². The third-order valence-electron chi connectivity index (χ3n) is 8.06. The number of benzene rings is 2. The summed E-state index contributed by atoms with van der Waals surface area (Å²) in [6.45, 7) is 2.62. The van der Waals surface area contributed by atoms with Gasteiger partial charge in [0.2, 0.25) is 0 Å². The Labute approximate surface area is 233 Å². The van der Waals surface area contributed by atoms with E-state index in [1.54, 1.807) is 29.5 Å². The second-order valence-corrected chi connectivity index (χ2v) is 12.2. The summed E-state index contributed by atoms with van der Waals surface area (Å²) in [5, 5.41) is 14.6. The third-order valence-corrected chi connectivity index (χ3v) is 9.34. The fourth-order valence-electron chi connectivity index (χ4n) is 6.10. The number of carbonyl (C=O) groups is 2. The molecule has 0 unspecified atom stereocenters. The van der Waals surface area contributed by atoms with Gasteiger partial charge < -0.3 is 10.0 Å². The van der Waals surface area contributed by atoms with Gasteiger partial charge in [-0.05, 0) is 74.6 Å². The van der Waals surface area contributed by atoms with Gasteiger partial charge in [0.25, 0.3) is 5.91 Å². The van der Waals surface area contributed by atoms with E-state index in [2.05, 4.69) is 4.98 Å². The van der Waals surface area contributed by atoms with Crippen LogP contribution in [0, 0.1) is 18.8 Å². The summed E-state index contributed by atoms with van der Waals surface area (Å²) in [7, 11) is 0. The second-order valence-electron chi connectivity index (χ2n) is 10.8. The molecule has 0 spiro atoms. The van der Waals surface area contributed by atoms with Crippen molar-refractivity contribution in [3.8, 4) is 0 Å². The number of ketones is 1. The van der Waals surface area contributed by atoms with E-state index in [-0.39, 0.29) is 36.0 Å². The SMILES string of the molecule is Cc1csc([C@H]2CCCN2C(=O)c2cc(Cl)cc(C(=O)C[C@@H](Cc3ccccc3)[C@H](O)C3CCCC3)c2)n1. The number of aromatic nitrogens is 1. The lowest BCUT2D eigenvalue weighted by atomic mass is 9.81. The predicted octanol–water partition coefficient (Wildman–Crippen LogP) is 7.07. The molecule has 7 heteroatoms. The van der Waals surface area contributed by atoms with Crippen LogP contribution in [0.2, 0.25) is 5.02 Å². The molecule has 38 heavy (non-hydrogen) atoms. The highest BCUT2D eigenvalue weighted by Crippen LogP contribution is 2.36. The number of thiazole rings is 1. The van der Waals surface area contributed by atoms with E-state index in [4.69, 9.17) is 11.6 Å². The lowest BCUT2D eigenvalue weighted by molar-refractivity contribution is 0.0456. The van der Waals surface area contributed by atoms with Crippen LogP contribution in [0.5, 0.6) is 0 Å². The number of hydrogen-bond donors (Lipinski definition) is 1. The molecule has 2 aromatic carbocycles. The first-order valence-corrected chi connectivity index (χ1v) is 14.9. The third kappa shape index (κ3) is 6.19. The van der Waals surface area contributed by atoms with E-state index in [0.29, 0.717) is 29.1 Å². The molecule has 0 bridgehead atoms. The summed E-state index contributed by atoms with van der Waals surface area (Å²) in [5.74, 6) is -0.173. The van der Waals surface area contributed by atoms with Crippen LogP contribution in [0.15, 0.2) is 53.9 Å². The molecule has 5 nitrogen and oxygen atoms in total. The Bertz CT molecular complexity index is 1270. The van der Waals surface area contributed by atoms with Gasteiger partial charge >= 0.3 is 0 Å². The molecular weight excluding hydrogens is 516 g/mol. The van der Waals surface area contributed by atoms with Crippen LogP contribution >= 0.6 is 22.9 Å². The fraction of sp³-hybridized carbons (Fsp3) is 0.452. The van der Waals surface area contributed by atoms with Gasteiger partial charge in [0, 0.05) is 40.2 Å². The van der Waals surface area contributed by atoms with Crippen molar-refractivity contribution in [2.75, 3.05) is 6.54 Å². The van der Waals surface area contributed by atoms with Gasteiger partial charge in [-0.15, -0.1) is 11.3 Å². The number of nitrogens with zero attached hydrogens (tertiary/aromatic N) is 2. The maximum Gasteiger partial charge on any atom is 0.254 e. The molecule has 2 heterocycles. The van der Waals surface area contributed by atoms with Crippen molar-refractivity contribution in [2.45, 2.75) is 70.4 Å². The van der Waals surface area contributed by atoms with E-state index in [1.165, 1.54) is 0 Å². The largest absolute Gasteiger partial charge is 0.393 e. The summed E-state index contributed by atoms with van der Waals surface area (Å²) < 4.78 is 0. The maximum absolute atomic E-state index is 13.6. The lowest BCUT2D eigenvalue weighted by Crippen LogP contribution is -2.32. The van der Waals surface area contributed by atoms with Gasteiger partial charge in [-0.25, -0.2) is 4.98 Å². The smallest absolute Gasteiger partial charge is 0.254 e. The van der Waals surface area contributed by atoms with E-state index in [9.17, 15) is 14.7 Å². The molecule has 3 aromatic rings. The van der Waals surface area contributed by atoms with Crippen LogP contribution in [0.1, 0.15) is 88.0 Å². The van der Waals surface area contributed by atoms with Crippen molar-refractivity contribution in [3.63, 3.8) is 0 Å². The Morgan fingerprint density at radius 2 is 1.82 bits per heavy atom. The zero-order chi connectivity index (χ0) is 26.6. The van der Waals surface area contributed by atoms with Crippen molar-refractivity contribution in [1.29, 1.82) is 0 Å². The minimum absolute atomic E-state index is 0.0452. The Kier molecular flexibility index (Phi) is 8.61. The quantitative estimate of drug-likeness (QED) is 0.289. The van der Waals surface area contributed by atoms with E-state index in [0.717, 1.165) is 54.8 Å². The molecule has 1 aliphatic heterocycles. The fourth-order valence-corrected chi connectivity index (χ4v) is 7.28. The van der Waals surface area contributed by atoms with Crippen LogP contribution in [-0.2, 0) is 6.42 Å². The van der Waals surface area contributed by atoms with Gasteiger partial charge in [0.05, 0.1) is 12.1 Å². The molecule has 2 aliphatic rings. The molecule has 2 fully saturated rings. The monoisotopic (exact) mass is 550 g/mol. The highest BCUT2D eigenvalue weighted by molar-refractivity contribution is 7.09. The van der Waals surface area contributed by atoms with E-state index in [1.807, 2.05) is 47.5 Å². The van der Waals surface area contributed by atoms with Crippen LogP contribution in [0.4, 0.5) is 0 Å². The van der Waals surface area contributed by atoms with Crippen LogP contribution in [0.25, 0.3) is 0 Å². The molecule has 1 saturated heterocycles. The average Bonchev–Trinajstić information content (AvgIpc) is 3.69. The molecule has 1 saturated carbocycles. The molecule has 3 atom stereocenters. The molecule has 0 radical (unpaired) electrons. The zero-order valence-corrected chi connectivity index (χ0v) is 23.4. The van der Waals surface area contributed by atoms with Crippen LogP contribution in [0.3, 0.4) is 0 Å². The molecule has 1 aliphatic carbocycles. The van der Waals surface area contributed by atoms with Crippen molar-refractivity contribution in [2.24, 2.45) is 11.8 Å². The summed E-state index contributed by atoms with van der Waals surface area (Å²) in [6.07, 6.45) is 6.39. The van der Waals surface area contributed by atoms with Gasteiger partial charge in [-0.2, -0.15) is 0 Å². The van der Waals surface area contributed by atoms with Crippen molar-refractivity contribution >= 4 is 34.6 Å². The van der Waals surface area contributed by atoms with Gasteiger partial charge in [0.1, 0.15) is 5.01 Å². The Morgan fingerprint density at radius 1 is 1.08 bits per heavy atom. The van der Waals surface area contributed by atoms with Gasteiger partial charge in [-0.1, -0.05) is 54.8 Å². The first-order valence-electron chi connectivity index (χ1n) is 13.7. The highest BCUT2D eigenvalue weighted by Gasteiger charge is 2.34. The molecule has 200 valence electrons. The minimum atomic E-state index is -0.533. The standard InChI is InChI=1S/C31H35ClN2O3S/c1-20-19-38-30(33-20)27-12-7-13-34(27)31(37)25-15-23(16-26(32)17-25)28(35)18-24(14-21-8-3-2-4-9-21)29(36)22-10-5-6-11-22/h2-4,8-9,15-17,19,22,24,27,29,36H,5-7,10-14,18H2,1H3/t24-,27-,29-/m1/s1. The molecule has 1 aromatic heterocycles. The number of amides is 1. The van der Waals surface area contributed by atoms with Crippen LogP contribution < -0.4 is 0 Å². The molecule has 1 amide bonds. The number of Topliss-reactive ketones (excluding diaryl/α,β-unsaturated/α-hetero) is 1. The summed E-state index contributed by atoms with van der Waals surface area (Å²) in [4.78, 5) is 33.7. The number of rotatable bonds is 9. The van der Waals surface area contributed by atoms with Crippen molar-refractivity contribution < 1.29 is 14.7 Å². The Balaban J connectivity index is 1.36. The zero-order valence-electron chi connectivity index (χ0n) is 21.8. The number of aliphatic hydroxyl groups is 1. The Morgan fingerprint density at radius 3 is 2.53 bits per heavy atom. The predicted molar refractivity (Wildman–Crippen MR) is 152 cm³/mol. The van der Waals surface area contributed by atoms with Crippen LogP contribution in [-0.4, -0.2) is 39.3 Å². The van der Waals surface area contributed by atoms with Crippen molar-refractivity contribution in [1.82, 2.24) is 9.88 Å². The Hall–Kier alpha value is -2.54. The van der Waals surface area contributed by atoms with Gasteiger partial charge in [-0.3, -0.25) is 9.59 Å². The van der Waals surface area contributed by atoms with Gasteiger partial charge in [0.15, 0.2) is 5.78 Å². The summed E-state index contributed by atoms with van der Waals surface area (Å²) in [5.41, 5.74) is 2.93. The number of aryl methyl sites for hydroxylation is 1. The normalized spacial score (nSPS) is 19.6. The summed E-state index contributed by atoms with van der Waals surface area (Å²) in [6, 6.07) is 15.0. The topological polar surface area (TPSA) is 70.5 Å². The number of likely N-dealkylation sites (tertiary alicyclic amines) is 1. The second kappa shape index (κ2) is 12.1. The highest BCUT2D eigenvalue weighted by atomic mass is 35.5. The average molecular weight is 551 g/mol. The lowest BCUT2D eigenvalue weighted by Gasteiger charge is -2.27. The molecule has 1 N–H and O–H groups in total. The number of halogens is 1. The maximum atomic E-state index is 13.6. The molecule has 5 rings (SSSR count). The number of aliphatic hydroxyl groups excluding tert-OH is 1.